The van der Waals surface area contributed by atoms with E-state index in [0.29, 0.717) is 11.1 Å². The third-order valence-corrected chi connectivity index (χ3v) is 2.83. The molecule has 5 heteroatoms. The maximum atomic E-state index is 10.8. The summed E-state index contributed by atoms with van der Waals surface area (Å²) in [5.41, 5.74) is 0.704. The molecule has 0 aromatic heterocycles. The molecular formula is C8H9O4S. The number of hydrogen-bond donors (Lipinski definition) is 1. The van der Waals surface area contributed by atoms with E-state index < -0.39 is 16.7 Å². The van der Waals surface area contributed by atoms with Crippen molar-refractivity contribution in [3.05, 3.63) is 29.3 Å². The fourth-order valence-electron chi connectivity index (χ4n) is 1.10. The molecule has 0 fully saturated rings. The van der Waals surface area contributed by atoms with Crippen LogP contribution in [0, 0.1) is 6.92 Å². The Hall–Kier alpha value is -0.910. The highest BCUT2D eigenvalue weighted by Gasteiger charge is 2.14. The van der Waals surface area contributed by atoms with E-state index >= 15 is 0 Å². The Bertz CT molecular complexity index is 408. The zero-order valence-electron chi connectivity index (χ0n) is 7.02. The van der Waals surface area contributed by atoms with Crippen molar-refractivity contribution in [2.24, 2.45) is 0 Å². The Labute approximate surface area is 76.6 Å². The minimum absolute atomic E-state index is 0.194. The SMILES string of the molecule is Cc1c(C[O])cccc1S(=O)(=O)O. The fraction of sp³-hybridized carbons (Fsp3) is 0.250. The zero-order chi connectivity index (χ0) is 10.1. The molecule has 1 N–H and O–H groups in total. The van der Waals surface area contributed by atoms with Crippen LogP contribution in [0.15, 0.2) is 23.1 Å². The van der Waals surface area contributed by atoms with Crippen LogP contribution in [0.25, 0.3) is 0 Å². The number of rotatable bonds is 2. The van der Waals surface area contributed by atoms with E-state index in [1.165, 1.54) is 25.1 Å². The van der Waals surface area contributed by atoms with Crippen molar-refractivity contribution in [1.29, 1.82) is 0 Å². The molecule has 71 valence electrons. The van der Waals surface area contributed by atoms with Gasteiger partial charge in [0.1, 0.15) is 6.61 Å². The number of hydrogen-bond acceptors (Lipinski definition) is 2. The summed E-state index contributed by atoms with van der Waals surface area (Å²) in [6, 6.07) is 4.24. The highest BCUT2D eigenvalue weighted by molar-refractivity contribution is 7.85. The van der Waals surface area contributed by atoms with E-state index in [1.807, 2.05) is 0 Å². The molecule has 13 heavy (non-hydrogen) atoms. The molecule has 0 saturated carbocycles. The third kappa shape index (κ3) is 2.06. The maximum absolute atomic E-state index is 10.8. The molecule has 1 aromatic carbocycles. The second kappa shape index (κ2) is 3.45. The summed E-state index contributed by atoms with van der Waals surface area (Å²) in [7, 11) is -4.20. The first-order valence-electron chi connectivity index (χ1n) is 3.61. The molecule has 1 radical (unpaired) electrons. The van der Waals surface area contributed by atoms with Crippen LogP contribution in [-0.2, 0) is 21.8 Å². The van der Waals surface area contributed by atoms with Crippen LogP contribution in [0.2, 0.25) is 0 Å². The molecule has 0 atom stereocenters. The summed E-state index contributed by atoms with van der Waals surface area (Å²) in [5, 5.41) is 10.6. The zero-order valence-corrected chi connectivity index (χ0v) is 7.84. The molecule has 0 bridgehead atoms. The molecule has 0 saturated heterocycles. The van der Waals surface area contributed by atoms with E-state index in [4.69, 9.17) is 4.55 Å². The van der Waals surface area contributed by atoms with Crippen molar-refractivity contribution < 1.29 is 18.1 Å². The van der Waals surface area contributed by atoms with Gasteiger partial charge in [-0.25, -0.2) is 5.11 Å². The summed E-state index contributed by atoms with van der Waals surface area (Å²) in [6.07, 6.45) is 0. The first-order chi connectivity index (χ1) is 5.96. The van der Waals surface area contributed by atoms with Crippen molar-refractivity contribution >= 4 is 10.1 Å². The average molecular weight is 201 g/mol. The summed E-state index contributed by atoms with van der Waals surface area (Å²) in [6.45, 7) is 1.01. The molecule has 0 aliphatic carbocycles. The lowest BCUT2D eigenvalue weighted by Crippen LogP contribution is -2.02. The van der Waals surface area contributed by atoms with Crippen LogP contribution in [0.1, 0.15) is 11.1 Å². The van der Waals surface area contributed by atoms with Crippen LogP contribution < -0.4 is 0 Å². The van der Waals surface area contributed by atoms with Gasteiger partial charge in [0.15, 0.2) is 0 Å². The second-order valence-electron chi connectivity index (χ2n) is 2.66. The molecule has 1 rings (SSSR count). The third-order valence-electron chi connectivity index (χ3n) is 1.83. The molecule has 0 aliphatic heterocycles. The first kappa shape index (κ1) is 10.2. The molecule has 0 heterocycles. The van der Waals surface area contributed by atoms with Gasteiger partial charge >= 0.3 is 0 Å². The Morgan fingerprint density at radius 2 is 2.00 bits per heavy atom. The highest BCUT2D eigenvalue weighted by atomic mass is 32.2. The van der Waals surface area contributed by atoms with Gasteiger partial charge in [0, 0.05) is 0 Å². The predicted molar refractivity (Wildman–Crippen MR) is 45.4 cm³/mol. The van der Waals surface area contributed by atoms with Crippen LogP contribution in [0.4, 0.5) is 0 Å². The summed E-state index contributed by atoms with van der Waals surface area (Å²) in [5.74, 6) is 0. The van der Waals surface area contributed by atoms with Crippen LogP contribution in [0.3, 0.4) is 0 Å². The van der Waals surface area contributed by atoms with E-state index in [9.17, 15) is 13.5 Å². The smallest absolute Gasteiger partial charge is 0.282 e. The second-order valence-corrected chi connectivity index (χ2v) is 4.05. The molecule has 0 unspecified atom stereocenters. The minimum atomic E-state index is -4.20. The van der Waals surface area contributed by atoms with Crippen molar-refractivity contribution in [2.75, 3.05) is 0 Å². The Balaban J connectivity index is 3.41. The van der Waals surface area contributed by atoms with E-state index in [0.717, 1.165) is 0 Å². The summed E-state index contributed by atoms with van der Waals surface area (Å²) in [4.78, 5) is -0.194. The van der Waals surface area contributed by atoms with Gasteiger partial charge in [0.25, 0.3) is 10.1 Å². The lowest BCUT2D eigenvalue weighted by Gasteiger charge is -2.05. The van der Waals surface area contributed by atoms with Crippen molar-refractivity contribution in [3.8, 4) is 0 Å². The Morgan fingerprint density at radius 1 is 1.38 bits per heavy atom. The van der Waals surface area contributed by atoms with Gasteiger partial charge in [-0.15, -0.1) is 0 Å². The number of benzene rings is 1. The minimum Gasteiger partial charge on any atom is -0.282 e. The van der Waals surface area contributed by atoms with Crippen LogP contribution in [-0.4, -0.2) is 13.0 Å². The fourth-order valence-corrected chi connectivity index (χ4v) is 1.86. The van der Waals surface area contributed by atoms with Gasteiger partial charge in [-0.2, -0.15) is 8.42 Å². The molecule has 1 aromatic rings. The predicted octanol–water partition coefficient (Wildman–Crippen LogP) is 1.17. The van der Waals surface area contributed by atoms with Crippen molar-refractivity contribution in [2.45, 2.75) is 18.4 Å². The van der Waals surface area contributed by atoms with Crippen LogP contribution >= 0.6 is 0 Å². The van der Waals surface area contributed by atoms with Gasteiger partial charge in [-0.1, -0.05) is 12.1 Å². The van der Waals surface area contributed by atoms with Crippen molar-refractivity contribution in [3.63, 3.8) is 0 Å². The quantitative estimate of drug-likeness (QED) is 0.730. The Kier molecular flexibility index (Phi) is 2.70. The average Bonchev–Trinajstić information content (AvgIpc) is 2.02. The van der Waals surface area contributed by atoms with Gasteiger partial charge in [-0.05, 0) is 24.1 Å². The highest BCUT2D eigenvalue weighted by Crippen LogP contribution is 2.18. The van der Waals surface area contributed by atoms with Gasteiger partial charge in [-0.3, -0.25) is 4.55 Å². The molecular weight excluding hydrogens is 192 g/mol. The van der Waals surface area contributed by atoms with Gasteiger partial charge in [0.2, 0.25) is 0 Å². The standard InChI is InChI=1S/C8H9O4S/c1-6-7(5-9)3-2-4-8(6)13(10,11)12/h2-4H,5H2,1H3,(H,10,11,12). The normalized spacial score (nSPS) is 11.6. The largest absolute Gasteiger partial charge is 0.294 e. The van der Waals surface area contributed by atoms with E-state index in [2.05, 4.69) is 0 Å². The van der Waals surface area contributed by atoms with Crippen LogP contribution in [0.5, 0.6) is 0 Å². The maximum Gasteiger partial charge on any atom is 0.294 e. The lowest BCUT2D eigenvalue weighted by molar-refractivity contribution is 0.177. The summed E-state index contributed by atoms with van der Waals surface area (Å²) < 4.78 is 30.3. The monoisotopic (exact) mass is 201 g/mol. The molecule has 0 spiro atoms. The molecule has 4 nitrogen and oxygen atoms in total. The van der Waals surface area contributed by atoms with E-state index in [1.54, 1.807) is 0 Å². The first-order valence-corrected chi connectivity index (χ1v) is 5.05. The topological polar surface area (TPSA) is 74.3 Å². The van der Waals surface area contributed by atoms with Gasteiger partial charge < -0.3 is 0 Å². The molecule has 0 amide bonds. The summed E-state index contributed by atoms with van der Waals surface area (Å²) >= 11 is 0. The van der Waals surface area contributed by atoms with Crippen molar-refractivity contribution in [1.82, 2.24) is 0 Å². The lowest BCUT2D eigenvalue weighted by atomic mass is 10.1. The molecule has 0 aliphatic rings. The van der Waals surface area contributed by atoms with E-state index in [-0.39, 0.29) is 4.90 Å². The Morgan fingerprint density at radius 3 is 2.46 bits per heavy atom. The van der Waals surface area contributed by atoms with Gasteiger partial charge in [0.05, 0.1) is 4.90 Å².